The first-order valence-electron chi connectivity index (χ1n) is 4.35. The van der Waals surface area contributed by atoms with E-state index in [0.717, 1.165) is 18.2 Å². The summed E-state index contributed by atoms with van der Waals surface area (Å²) in [5.41, 5.74) is -5.67. The highest BCUT2D eigenvalue weighted by Crippen LogP contribution is 2.29. The van der Waals surface area contributed by atoms with Gasteiger partial charge in [-0.05, 0) is 18.2 Å². The number of rotatable bonds is 4. The van der Waals surface area contributed by atoms with Crippen molar-refractivity contribution in [3.8, 4) is 11.5 Å². The van der Waals surface area contributed by atoms with Crippen LogP contribution in [-0.2, 0) is 10.1 Å². The fourth-order valence-electron chi connectivity index (χ4n) is 1.03. The third kappa shape index (κ3) is 2.92. The van der Waals surface area contributed by atoms with Gasteiger partial charge >= 0.3 is 15.6 Å². The zero-order valence-corrected chi connectivity index (χ0v) is 9.71. The lowest BCUT2D eigenvalue weighted by Crippen LogP contribution is -2.28. The molecule has 0 spiro atoms. The predicted octanol–water partition coefficient (Wildman–Crippen LogP) is 1.74. The summed E-state index contributed by atoms with van der Waals surface area (Å²) in [6.45, 7) is 0. The average molecular weight is 284 g/mol. The SMILES string of the molecule is COc1ccc(OS(=O)(=O)C(F)(F)F)cc1C=O. The summed E-state index contributed by atoms with van der Waals surface area (Å²) < 4.78 is 66.1. The van der Waals surface area contributed by atoms with E-state index in [4.69, 9.17) is 4.74 Å². The number of benzene rings is 1. The Morgan fingerprint density at radius 1 is 1.28 bits per heavy atom. The minimum atomic E-state index is -5.75. The van der Waals surface area contributed by atoms with Gasteiger partial charge in [-0.1, -0.05) is 0 Å². The lowest BCUT2D eigenvalue weighted by Gasteiger charge is -2.10. The van der Waals surface area contributed by atoms with Crippen molar-refractivity contribution in [3.63, 3.8) is 0 Å². The van der Waals surface area contributed by atoms with Crippen LogP contribution in [0.4, 0.5) is 13.2 Å². The van der Waals surface area contributed by atoms with E-state index in [0.29, 0.717) is 6.29 Å². The summed E-state index contributed by atoms with van der Waals surface area (Å²) >= 11 is 0. The van der Waals surface area contributed by atoms with Crippen molar-refractivity contribution >= 4 is 16.4 Å². The maximum atomic E-state index is 12.0. The molecule has 0 radical (unpaired) electrons. The van der Waals surface area contributed by atoms with E-state index in [1.165, 1.54) is 7.11 Å². The maximum absolute atomic E-state index is 12.0. The molecule has 1 aromatic rings. The van der Waals surface area contributed by atoms with Crippen LogP contribution in [0.5, 0.6) is 11.5 Å². The first-order valence-corrected chi connectivity index (χ1v) is 5.76. The van der Waals surface area contributed by atoms with Gasteiger partial charge in [0, 0.05) is 0 Å². The highest BCUT2D eigenvalue weighted by molar-refractivity contribution is 7.87. The van der Waals surface area contributed by atoms with Gasteiger partial charge in [0.15, 0.2) is 6.29 Å². The topological polar surface area (TPSA) is 69.7 Å². The van der Waals surface area contributed by atoms with Gasteiger partial charge in [-0.2, -0.15) is 21.6 Å². The molecule has 0 saturated heterocycles. The fraction of sp³-hybridized carbons (Fsp3) is 0.222. The molecule has 0 atom stereocenters. The van der Waals surface area contributed by atoms with Gasteiger partial charge in [0.1, 0.15) is 11.5 Å². The largest absolute Gasteiger partial charge is 0.534 e. The van der Waals surface area contributed by atoms with Gasteiger partial charge in [-0.25, -0.2) is 0 Å². The average Bonchev–Trinajstić information content (AvgIpc) is 2.26. The van der Waals surface area contributed by atoms with Crippen LogP contribution in [0.3, 0.4) is 0 Å². The number of aldehydes is 1. The lowest BCUT2D eigenvalue weighted by molar-refractivity contribution is -0.0500. The van der Waals surface area contributed by atoms with Crippen molar-refractivity contribution in [2.45, 2.75) is 5.51 Å². The lowest BCUT2D eigenvalue weighted by atomic mass is 10.2. The third-order valence-corrected chi connectivity index (χ3v) is 2.80. The number of halogens is 3. The highest BCUT2D eigenvalue weighted by Gasteiger charge is 2.48. The number of methoxy groups -OCH3 is 1. The van der Waals surface area contributed by atoms with Gasteiger partial charge in [-0.15, -0.1) is 0 Å². The van der Waals surface area contributed by atoms with E-state index in [1.54, 1.807) is 0 Å². The van der Waals surface area contributed by atoms with Crippen molar-refractivity contribution in [1.29, 1.82) is 0 Å². The molecular weight excluding hydrogens is 277 g/mol. The number of ether oxygens (including phenoxy) is 1. The summed E-state index contributed by atoms with van der Waals surface area (Å²) in [5, 5.41) is 0. The molecule has 0 bridgehead atoms. The Hall–Kier alpha value is -1.77. The van der Waals surface area contributed by atoms with Crippen LogP contribution in [0.1, 0.15) is 10.4 Å². The van der Waals surface area contributed by atoms with Gasteiger partial charge in [-0.3, -0.25) is 4.79 Å². The molecule has 100 valence electrons. The standard InChI is InChI=1S/C9H7F3O5S/c1-16-8-3-2-7(4-6(8)5-13)17-18(14,15)9(10,11)12/h2-5H,1H3. The Balaban J connectivity index is 3.11. The zero-order valence-electron chi connectivity index (χ0n) is 8.89. The molecule has 9 heteroatoms. The van der Waals surface area contributed by atoms with E-state index in [2.05, 4.69) is 4.18 Å². The van der Waals surface area contributed by atoms with Crippen LogP contribution < -0.4 is 8.92 Å². The molecule has 0 aromatic heterocycles. The second kappa shape index (κ2) is 4.84. The molecule has 0 unspecified atom stereocenters. The highest BCUT2D eigenvalue weighted by atomic mass is 32.2. The van der Waals surface area contributed by atoms with Crippen LogP contribution in [0.25, 0.3) is 0 Å². The van der Waals surface area contributed by atoms with Crippen LogP contribution in [0, 0.1) is 0 Å². The summed E-state index contributed by atoms with van der Waals surface area (Å²) in [6.07, 6.45) is 0.298. The zero-order chi connectivity index (χ0) is 14.0. The fourth-order valence-corrected chi connectivity index (χ4v) is 1.48. The third-order valence-electron chi connectivity index (χ3n) is 1.82. The Morgan fingerprint density at radius 2 is 1.89 bits per heavy atom. The molecule has 1 aromatic carbocycles. The van der Waals surface area contributed by atoms with E-state index in [1.807, 2.05) is 0 Å². The Morgan fingerprint density at radius 3 is 2.33 bits per heavy atom. The van der Waals surface area contributed by atoms with Crippen LogP contribution >= 0.6 is 0 Å². The second-order valence-corrected chi connectivity index (χ2v) is 4.54. The van der Waals surface area contributed by atoms with Crippen molar-refractivity contribution in [2.75, 3.05) is 7.11 Å². The molecule has 0 amide bonds. The van der Waals surface area contributed by atoms with Gasteiger partial charge in [0.05, 0.1) is 12.7 Å². The van der Waals surface area contributed by atoms with Crippen molar-refractivity contribution < 1.29 is 35.3 Å². The number of carbonyl (C=O) groups excluding carboxylic acids is 1. The molecule has 0 heterocycles. The first-order chi connectivity index (χ1) is 8.21. The second-order valence-electron chi connectivity index (χ2n) is 3.00. The monoisotopic (exact) mass is 284 g/mol. The molecule has 0 aliphatic rings. The number of carbonyl (C=O) groups is 1. The predicted molar refractivity (Wildman–Crippen MR) is 54.0 cm³/mol. The smallest absolute Gasteiger partial charge is 0.496 e. The molecule has 5 nitrogen and oxygen atoms in total. The van der Waals surface area contributed by atoms with Gasteiger partial charge in [0.25, 0.3) is 0 Å². The Kier molecular flexibility index (Phi) is 3.85. The molecule has 0 aliphatic carbocycles. The molecule has 0 aliphatic heterocycles. The minimum absolute atomic E-state index is 0.0850. The van der Waals surface area contributed by atoms with E-state index in [9.17, 15) is 26.4 Å². The van der Waals surface area contributed by atoms with Crippen molar-refractivity contribution in [1.82, 2.24) is 0 Å². The summed E-state index contributed by atoms with van der Waals surface area (Å²) in [4.78, 5) is 10.6. The van der Waals surface area contributed by atoms with Gasteiger partial charge in [0.2, 0.25) is 0 Å². The molecular formula is C9H7F3O5S. The number of hydrogen-bond acceptors (Lipinski definition) is 5. The molecule has 1 rings (SSSR count). The van der Waals surface area contributed by atoms with E-state index in [-0.39, 0.29) is 11.3 Å². The molecule has 0 N–H and O–H groups in total. The summed E-state index contributed by atoms with van der Waals surface area (Å²) in [7, 11) is -4.51. The number of hydrogen-bond donors (Lipinski definition) is 0. The Bertz CT molecular complexity index is 550. The maximum Gasteiger partial charge on any atom is 0.534 e. The molecule has 0 fully saturated rings. The van der Waals surface area contributed by atoms with E-state index < -0.39 is 21.4 Å². The molecule has 18 heavy (non-hydrogen) atoms. The molecule has 0 saturated carbocycles. The number of alkyl halides is 3. The van der Waals surface area contributed by atoms with Crippen LogP contribution in [0.2, 0.25) is 0 Å². The van der Waals surface area contributed by atoms with Crippen LogP contribution in [0.15, 0.2) is 18.2 Å². The van der Waals surface area contributed by atoms with Gasteiger partial charge < -0.3 is 8.92 Å². The van der Waals surface area contributed by atoms with Crippen LogP contribution in [-0.4, -0.2) is 27.3 Å². The van der Waals surface area contributed by atoms with Crippen molar-refractivity contribution in [3.05, 3.63) is 23.8 Å². The summed E-state index contributed by atoms with van der Waals surface area (Å²) in [5.74, 6) is -0.544. The van der Waals surface area contributed by atoms with E-state index >= 15 is 0 Å². The normalized spacial score (nSPS) is 12.0. The Labute approximate surface area is 100 Å². The first kappa shape index (κ1) is 14.3. The summed E-state index contributed by atoms with van der Waals surface area (Å²) in [6, 6.07) is 2.88. The quantitative estimate of drug-likeness (QED) is 0.478. The minimum Gasteiger partial charge on any atom is -0.496 e. The van der Waals surface area contributed by atoms with Crippen molar-refractivity contribution in [2.24, 2.45) is 0 Å².